The van der Waals surface area contributed by atoms with Gasteiger partial charge in [-0.1, -0.05) is 0 Å². The third kappa shape index (κ3) is 1.76. The highest BCUT2D eigenvalue weighted by molar-refractivity contribution is 9.11. The molecule has 0 atom stereocenters. The fourth-order valence-electron chi connectivity index (χ4n) is 1.04. The Morgan fingerprint density at radius 1 is 1.50 bits per heavy atom. The lowest BCUT2D eigenvalue weighted by atomic mass is 10.2. The molecule has 0 amide bonds. The van der Waals surface area contributed by atoms with E-state index in [0.717, 1.165) is 9.48 Å². The van der Waals surface area contributed by atoms with Crippen LogP contribution in [0.1, 0.15) is 0 Å². The monoisotopic (exact) mass is 271 g/mol. The van der Waals surface area contributed by atoms with Gasteiger partial charge in [0.15, 0.2) is 9.74 Å². The summed E-state index contributed by atoms with van der Waals surface area (Å²) in [5.41, 5.74) is 0.803. The zero-order chi connectivity index (χ0) is 9.97. The first-order chi connectivity index (χ1) is 6.81. The molecule has 0 aromatic carbocycles. The van der Waals surface area contributed by atoms with E-state index in [-0.39, 0.29) is 0 Å². The van der Waals surface area contributed by atoms with Gasteiger partial charge in [0, 0.05) is 6.20 Å². The highest BCUT2D eigenvalue weighted by Crippen LogP contribution is 2.27. The van der Waals surface area contributed by atoms with Crippen LogP contribution in [0.3, 0.4) is 0 Å². The van der Waals surface area contributed by atoms with E-state index in [4.69, 9.17) is 4.74 Å². The summed E-state index contributed by atoms with van der Waals surface area (Å²) in [5, 5.41) is 0. The van der Waals surface area contributed by atoms with Crippen molar-refractivity contribution in [2.75, 3.05) is 7.11 Å². The van der Waals surface area contributed by atoms with Gasteiger partial charge in [-0.25, -0.2) is 9.97 Å². The molecular weight excluding hydrogens is 266 g/mol. The number of hydrogen-bond acceptors (Lipinski definition) is 5. The van der Waals surface area contributed by atoms with Gasteiger partial charge in [0.1, 0.15) is 0 Å². The van der Waals surface area contributed by atoms with Crippen LogP contribution in [0.2, 0.25) is 0 Å². The second kappa shape index (κ2) is 4.02. The molecule has 0 aliphatic heterocycles. The molecule has 0 bridgehead atoms. The molecule has 0 spiro atoms. The Hall–Kier alpha value is -1.01. The molecule has 2 rings (SSSR count). The summed E-state index contributed by atoms with van der Waals surface area (Å²) in [5.74, 6) is 1.17. The third-order valence-electron chi connectivity index (χ3n) is 1.61. The standard InChI is InChI=1S/C8H6BrN3OS/c1-13-7-5(3-2-4-10-7)6-11-8(9)14-12-6/h2-4H,1H3. The van der Waals surface area contributed by atoms with E-state index in [1.165, 1.54) is 11.5 Å². The number of ether oxygens (including phenoxy) is 1. The van der Waals surface area contributed by atoms with E-state index in [1.54, 1.807) is 13.3 Å². The minimum Gasteiger partial charge on any atom is -0.480 e. The molecule has 6 heteroatoms. The lowest BCUT2D eigenvalue weighted by Crippen LogP contribution is -1.91. The molecular formula is C8H6BrN3OS. The van der Waals surface area contributed by atoms with Crippen molar-refractivity contribution in [2.45, 2.75) is 0 Å². The number of methoxy groups -OCH3 is 1. The predicted octanol–water partition coefficient (Wildman–Crippen LogP) is 2.37. The van der Waals surface area contributed by atoms with Crippen LogP contribution in [0.15, 0.2) is 22.2 Å². The molecule has 2 aromatic rings. The summed E-state index contributed by atoms with van der Waals surface area (Å²) >= 11 is 4.55. The van der Waals surface area contributed by atoms with Crippen LogP contribution in [0.4, 0.5) is 0 Å². The molecule has 4 nitrogen and oxygen atoms in total. The van der Waals surface area contributed by atoms with Gasteiger partial charge < -0.3 is 4.74 Å². The summed E-state index contributed by atoms with van der Waals surface area (Å²) in [4.78, 5) is 8.26. The number of rotatable bonds is 2. The van der Waals surface area contributed by atoms with Gasteiger partial charge in [0.05, 0.1) is 12.7 Å². The molecule has 2 aromatic heterocycles. The number of halogens is 1. The van der Waals surface area contributed by atoms with Gasteiger partial charge in [0.25, 0.3) is 0 Å². The SMILES string of the molecule is COc1ncccc1-c1nsc(Br)n1. The Labute approximate surface area is 93.3 Å². The van der Waals surface area contributed by atoms with Crippen LogP contribution in [0, 0.1) is 0 Å². The quantitative estimate of drug-likeness (QED) is 0.842. The Balaban J connectivity index is 2.50. The van der Waals surface area contributed by atoms with Crippen LogP contribution in [0.25, 0.3) is 11.4 Å². The lowest BCUT2D eigenvalue weighted by Gasteiger charge is -2.01. The van der Waals surface area contributed by atoms with Crippen molar-refractivity contribution < 1.29 is 4.74 Å². The number of hydrogen-bond donors (Lipinski definition) is 0. The fourth-order valence-corrected chi connectivity index (χ4v) is 1.85. The van der Waals surface area contributed by atoms with E-state index in [9.17, 15) is 0 Å². The van der Waals surface area contributed by atoms with Crippen LogP contribution < -0.4 is 4.74 Å². The van der Waals surface area contributed by atoms with E-state index in [0.29, 0.717) is 11.7 Å². The largest absolute Gasteiger partial charge is 0.480 e. The first-order valence-corrected chi connectivity index (χ1v) is 5.36. The number of pyridine rings is 1. The number of nitrogens with zero attached hydrogens (tertiary/aromatic N) is 3. The molecule has 2 heterocycles. The molecule has 14 heavy (non-hydrogen) atoms. The van der Waals surface area contributed by atoms with E-state index < -0.39 is 0 Å². The van der Waals surface area contributed by atoms with Gasteiger partial charge >= 0.3 is 0 Å². The van der Waals surface area contributed by atoms with Gasteiger partial charge in [-0.2, -0.15) is 4.37 Å². The van der Waals surface area contributed by atoms with Crippen LogP contribution in [-0.4, -0.2) is 21.5 Å². The van der Waals surface area contributed by atoms with Crippen molar-refractivity contribution in [3.05, 3.63) is 22.2 Å². The lowest BCUT2D eigenvalue weighted by molar-refractivity contribution is 0.399. The minimum atomic E-state index is 0.540. The second-order valence-corrected chi connectivity index (χ2v) is 4.46. The Morgan fingerprint density at radius 3 is 3.00 bits per heavy atom. The first-order valence-electron chi connectivity index (χ1n) is 3.80. The predicted molar refractivity (Wildman–Crippen MR) is 57.4 cm³/mol. The first kappa shape index (κ1) is 9.54. The van der Waals surface area contributed by atoms with Crippen LogP contribution in [0.5, 0.6) is 5.88 Å². The Bertz CT molecular complexity index is 446. The normalized spacial score (nSPS) is 10.1. The summed E-state index contributed by atoms with van der Waals surface area (Å²) in [6.07, 6.45) is 1.67. The molecule has 0 fully saturated rings. The average molecular weight is 272 g/mol. The maximum absolute atomic E-state index is 5.11. The number of aromatic nitrogens is 3. The smallest absolute Gasteiger partial charge is 0.224 e. The Kier molecular flexibility index (Phi) is 2.74. The van der Waals surface area contributed by atoms with Crippen molar-refractivity contribution in [3.8, 4) is 17.3 Å². The second-order valence-electron chi connectivity index (χ2n) is 2.43. The summed E-state index contributed by atoms with van der Waals surface area (Å²) in [7, 11) is 1.58. The van der Waals surface area contributed by atoms with Gasteiger partial charge in [0.2, 0.25) is 5.88 Å². The van der Waals surface area contributed by atoms with Gasteiger partial charge in [-0.3, -0.25) is 0 Å². The highest BCUT2D eigenvalue weighted by Gasteiger charge is 2.10. The Morgan fingerprint density at radius 2 is 2.36 bits per heavy atom. The van der Waals surface area contributed by atoms with Crippen molar-refractivity contribution in [3.63, 3.8) is 0 Å². The highest BCUT2D eigenvalue weighted by atomic mass is 79.9. The van der Waals surface area contributed by atoms with Crippen molar-refractivity contribution >= 4 is 27.5 Å². The molecule has 0 N–H and O–H groups in total. The van der Waals surface area contributed by atoms with Crippen molar-refractivity contribution in [2.24, 2.45) is 0 Å². The van der Waals surface area contributed by atoms with Gasteiger partial charge in [-0.15, -0.1) is 0 Å². The summed E-state index contributed by atoms with van der Waals surface area (Å²) in [6.45, 7) is 0. The van der Waals surface area contributed by atoms with Crippen molar-refractivity contribution in [1.29, 1.82) is 0 Å². The fraction of sp³-hybridized carbons (Fsp3) is 0.125. The minimum absolute atomic E-state index is 0.540. The average Bonchev–Trinajstić information content (AvgIpc) is 2.65. The molecule has 0 saturated carbocycles. The molecule has 0 aliphatic rings. The maximum Gasteiger partial charge on any atom is 0.224 e. The molecule has 0 aliphatic carbocycles. The molecule has 0 saturated heterocycles. The van der Waals surface area contributed by atoms with E-state index in [2.05, 4.69) is 30.3 Å². The molecule has 0 radical (unpaired) electrons. The maximum atomic E-state index is 5.11. The summed E-state index contributed by atoms with van der Waals surface area (Å²) in [6, 6.07) is 3.70. The van der Waals surface area contributed by atoms with Crippen LogP contribution in [-0.2, 0) is 0 Å². The molecule has 72 valence electrons. The molecule has 0 unspecified atom stereocenters. The van der Waals surface area contributed by atoms with Gasteiger partial charge in [-0.05, 0) is 39.6 Å². The van der Waals surface area contributed by atoms with E-state index in [1.807, 2.05) is 12.1 Å². The van der Waals surface area contributed by atoms with Crippen molar-refractivity contribution in [1.82, 2.24) is 14.3 Å². The van der Waals surface area contributed by atoms with Crippen LogP contribution >= 0.6 is 27.5 Å². The zero-order valence-electron chi connectivity index (χ0n) is 7.27. The van der Waals surface area contributed by atoms with E-state index >= 15 is 0 Å². The third-order valence-corrected chi connectivity index (χ3v) is 2.72. The topological polar surface area (TPSA) is 47.9 Å². The zero-order valence-corrected chi connectivity index (χ0v) is 9.67. The summed E-state index contributed by atoms with van der Waals surface area (Å²) < 4.78 is 10.0.